The standard InChI is InChI=1S/C19H18FN5O/c20-14-3-1-2-12(10-14)11-17(18(21)26)24-15-6-4-13(5-7-15)16-8-9-23-19(22)25-16/h1-10,17,24H,11H2,(H2,21,26)(H2,22,23,25)/t17-/m0/s1. The number of primary amides is 1. The van der Waals surface area contributed by atoms with Gasteiger partial charge in [-0.3, -0.25) is 4.79 Å². The van der Waals surface area contributed by atoms with Gasteiger partial charge in [0.05, 0.1) is 5.69 Å². The highest BCUT2D eigenvalue weighted by Gasteiger charge is 2.16. The van der Waals surface area contributed by atoms with Crippen LogP contribution in [-0.2, 0) is 11.2 Å². The van der Waals surface area contributed by atoms with Gasteiger partial charge in [0.2, 0.25) is 11.9 Å². The largest absolute Gasteiger partial charge is 0.373 e. The Labute approximate surface area is 150 Å². The van der Waals surface area contributed by atoms with Gasteiger partial charge in [-0.2, -0.15) is 0 Å². The monoisotopic (exact) mass is 351 g/mol. The van der Waals surface area contributed by atoms with Gasteiger partial charge < -0.3 is 16.8 Å². The van der Waals surface area contributed by atoms with E-state index in [9.17, 15) is 9.18 Å². The van der Waals surface area contributed by atoms with Crippen molar-refractivity contribution in [3.63, 3.8) is 0 Å². The lowest BCUT2D eigenvalue weighted by molar-refractivity contribution is -0.118. The van der Waals surface area contributed by atoms with E-state index >= 15 is 0 Å². The van der Waals surface area contributed by atoms with Crippen molar-refractivity contribution in [3.8, 4) is 11.3 Å². The van der Waals surface area contributed by atoms with E-state index in [1.54, 1.807) is 24.4 Å². The number of halogens is 1. The molecule has 0 aliphatic carbocycles. The summed E-state index contributed by atoms with van der Waals surface area (Å²) in [7, 11) is 0. The van der Waals surface area contributed by atoms with Gasteiger partial charge in [-0.25, -0.2) is 14.4 Å². The molecule has 0 saturated carbocycles. The molecule has 0 bridgehead atoms. The van der Waals surface area contributed by atoms with Crippen molar-refractivity contribution >= 4 is 17.5 Å². The second kappa shape index (κ2) is 7.60. The van der Waals surface area contributed by atoms with Crippen LogP contribution in [0.5, 0.6) is 0 Å². The molecule has 3 aromatic rings. The molecule has 1 heterocycles. The smallest absolute Gasteiger partial charge is 0.240 e. The van der Waals surface area contributed by atoms with Gasteiger partial charge in [0.25, 0.3) is 0 Å². The highest BCUT2D eigenvalue weighted by molar-refractivity contribution is 5.83. The average Bonchev–Trinajstić information content (AvgIpc) is 2.62. The third-order valence-electron chi connectivity index (χ3n) is 3.87. The van der Waals surface area contributed by atoms with Crippen molar-refractivity contribution in [2.75, 3.05) is 11.1 Å². The topological polar surface area (TPSA) is 107 Å². The Morgan fingerprint density at radius 2 is 1.92 bits per heavy atom. The number of hydrogen-bond donors (Lipinski definition) is 3. The lowest BCUT2D eigenvalue weighted by Gasteiger charge is -2.17. The van der Waals surface area contributed by atoms with E-state index in [-0.39, 0.29) is 18.2 Å². The molecule has 1 amide bonds. The zero-order valence-electron chi connectivity index (χ0n) is 13.9. The normalized spacial score (nSPS) is 11.7. The number of carbonyl (C=O) groups is 1. The quantitative estimate of drug-likeness (QED) is 0.632. The molecule has 2 aromatic carbocycles. The van der Waals surface area contributed by atoms with Gasteiger partial charge in [0.1, 0.15) is 11.9 Å². The number of nitrogen functional groups attached to an aromatic ring is 1. The van der Waals surface area contributed by atoms with E-state index < -0.39 is 11.9 Å². The minimum Gasteiger partial charge on any atom is -0.373 e. The number of amides is 1. The van der Waals surface area contributed by atoms with Crippen LogP contribution >= 0.6 is 0 Å². The molecular formula is C19H18FN5O. The summed E-state index contributed by atoms with van der Waals surface area (Å²) in [4.78, 5) is 19.8. The summed E-state index contributed by atoms with van der Waals surface area (Å²) in [5.74, 6) is -0.658. The van der Waals surface area contributed by atoms with Crippen LogP contribution in [0, 0.1) is 5.82 Å². The van der Waals surface area contributed by atoms with Gasteiger partial charge in [-0.05, 0) is 35.9 Å². The number of rotatable bonds is 6. The van der Waals surface area contributed by atoms with E-state index in [0.717, 1.165) is 11.3 Å². The molecule has 7 heteroatoms. The summed E-state index contributed by atoms with van der Waals surface area (Å²) in [5, 5.41) is 3.08. The van der Waals surface area contributed by atoms with Crippen LogP contribution in [0.3, 0.4) is 0 Å². The molecule has 0 saturated heterocycles. The van der Waals surface area contributed by atoms with Gasteiger partial charge in [-0.1, -0.05) is 24.3 Å². The SMILES string of the molecule is NC(=O)[C@H](Cc1cccc(F)c1)Nc1ccc(-c2ccnc(N)n2)cc1. The van der Waals surface area contributed by atoms with Crippen molar-refractivity contribution in [2.45, 2.75) is 12.5 Å². The van der Waals surface area contributed by atoms with Crippen molar-refractivity contribution in [1.29, 1.82) is 0 Å². The Hall–Kier alpha value is -3.48. The predicted octanol–water partition coefficient (Wildman–Crippen LogP) is 2.37. The van der Waals surface area contributed by atoms with E-state index in [0.29, 0.717) is 11.3 Å². The fraction of sp³-hybridized carbons (Fsp3) is 0.105. The van der Waals surface area contributed by atoms with Crippen LogP contribution in [0.2, 0.25) is 0 Å². The first kappa shape index (κ1) is 17.3. The lowest BCUT2D eigenvalue weighted by atomic mass is 10.0. The second-order valence-corrected chi connectivity index (χ2v) is 5.81. The fourth-order valence-corrected chi connectivity index (χ4v) is 2.60. The van der Waals surface area contributed by atoms with Crippen molar-refractivity contribution in [2.24, 2.45) is 5.73 Å². The molecule has 1 aromatic heterocycles. The second-order valence-electron chi connectivity index (χ2n) is 5.81. The first-order valence-corrected chi connectivity index (χ1v) is 8.00. The van der Waals surface area contributed by atoms with Crippen LogP contribution in [0.15, 0.2) is 60.8 Å². The van der Waals surface area contributed by atoms with E-state index in [2.05, 4.69) is 15.3 Å². The Kier molecular flexibility index (Phi) is 5.07. The molecule has 0 fully saturated rings. The van der Waals surface area contributed by atoms with E-state index in [1.165, 1.54) is 12.1 Å². The highest BCUT2D eigenvalue weighted by Crippen LogP contribution is 2.20. The number of benzene rings is 2. The van der Waals surface area contributed by atoms with Crippen LogP contribution in [0.4, 0.5) is 16.0 Å². The minimum atomic E-state index is -0.655. The molecule has 0 radical (unpaired) electrons. The Balaban J connectivity index is 1.74. The third kappa shape index (κ3) is 4.32. The first-order valence-electron chi connectivity index (χ1n) is 8.00. The molecule has 0 aliphatic heterocycles. The Bertz CT molecular complexity index is 914. The summed E-state index contributed by atoms with van der Waals surface area (Å²) >= 11 is 0. The number of carbonyl (C=O) groups excluding carboxylic acids is 1. The zero-order valence-corrected chi connectivity index (χ0v) is 13.9. The summed E-state index contributed by atoms with van der Waals surface area (Å²) in [6.45, 7) is 0. The van der Waals surface area contributed by atoms with Crippen LogP contribution in [0.25, 0.3) is 11.3 Å². The maximum atomic E-state index is 13.3. The number of hydrogen-bond acceptors (Lipinski definition) is 5. The third-order valence-corrected chi connectivity index (χ3v) is 3.87. The molecular weight excluding hydrogens is 333 g/mol. The first-order chi connectivity index (χ1) is 12.5. The number of nitrogens with one attached hydrogen (secondary N) is 1. The average molecular weight is 351 g/mol. The number of aromatic nitrogens is 2. The van der Waals surface area contributed by atoms with E-state index in [1.807, 2.05) is 24.3 Å². The van der Waals surface area contributed by atoms with Crippen LogP contribution < -0.4 is 16.8 Å². The van der Waals surface area contributed by atoms with Gasteiger partial charge in [-0.15, -0.1) is 0 Å². The number of anilines is 2. The van der Waals surface area contributed by atoms with Crippen molar-refractivity contribution in [1.82, 2.24) is 9.97 Å². The molecule has 3 rings (SSSR count). The van der Waals surface area contributed by atoms with Crippen LogP contribution in [-0.4, -0.2) is 21.9 Å². The summed E-state index contributed by atoms with van der Waals surface area (Å²) in [6, 6.07) is 14.5. The molecule has 0 spiro atoms. The highest BCUT2D eigenvalue weighted by atomic mass is 19.1. The molecule has 6 nitrogen and oxygen atoms in total. The summed E-state index contributed by atoms with van der Waals surface area (Å²) < 4.78 is 13.3. The number of nitrogens with two attached hydrogens (primary N) is 2. The van der Waals surface area contributed by atoms with Gasteiger partial charge >= 0.3 is 0 Å². The minimum absolute atomic E-state index is 0.202. The maximum Gasteiger partial charge on any atom is 0.240 e. The fourth-order valence-electron chi connectivity index (χ4n) is 2.60. The molecule has 0 unspecified atom stereocenters. The molecule has 5 N–H and O–H groups in total. The zero-order chi connectivity index (χ0) is 18.5. The van der Waals surface area contributed by atoms with Crippen LogP contribution in [0.1, 0.15) is 5.56 Å². The van der Waals surface area contributed by atoms with Crippen molar-refractivity contribution < 1.29 is 9.18 Å². The molecule has 1 atom stereocenters. The Morgan fingerprint density at radius 1 is 1.15 bits per heavy atom. The summed E-state index contributed by atoms with van der Waals surface area (Å²) in [5.41, 5.74) is 14.1. The number of nitrogens with zero attached hydrogens (tertiary/aromatic N) is 2. The van der Waals surface area contributed by atoms with Gasteiger partial charge in [0, 0.05) is 23.9 Å². The summed E-state index contributed by atoms with van der Waals surface area (Å²) in [6.07, 6.45) is 1.88. The Morgan fingerprint density at radius 3 is 2.58 bits per heavy atom. The molecule has 26 heavy (non-hydrogen) atoms. The predicted molar refractivity (Wildman–Crippen MR) is 98.6 cm³/mol. The molecule has 0 aliphatic rings. The van der Waals surface area contributed by atoms with Crippen molar-refractivity contribution in [3.05, 3.63) is 72.2 Å². The molecule has 132 valence electrons. The maximum absolute atomic E-state index is 13.3. The van der Waals surface area contributed by atoms with Gasteiger partial charge in [0.15, 0.2) is 0 Å². The lowest BCUT2D eigenvalue weighted by Crippen LogP contribution is -2.37. The van der Waals surface area contributed by atoms with E-state index in [4.69, 9.17) is 11.5 Å².